The SMILES string of the molecule is CCCC(CCNC(=O)Cn1cccc1C(=O)O)CC(=O)N1CCC([C@H]2c3ncc(Br)cc3CCc3cc(Cl)cc(Br)c32)CC1. The first-order chi connectivity index (χ1) is 21.6. The van der Waals surface area contributed by atoms with Crippen LogP contribution in [0.5, 0.6) is 0 Å². The molecule has 0 radical (unpaired) electrons. The fourth-order valence-corrected chi connectivity index (χ4v) is 8.52. The lowest BCUT2D eigenvalue weighted by Gasteiger charge is -2.37. The normalized spacial score (nSPS) is 17.2. The molecule has 240 valence electrons. The molecule has 5 rings (SSSR count). The monoisotopic (exact) mass is 760 g/mol. The number of nitrogens with zero attached hydrogens (tertiary/aromatic N) is 3. The molecule has 1 unspecified atom stereocenters. The number of likely N-dealkylation sites (tertiary alicyclic amines) is 1. The van der Waals surface area contributed by atoms with Crippen LogP contribution in [0.15, 0.2) is 51.7 Å². The van der Waals surface area contributed by atoms with Gasteiger partial charge < -0.3 is 19.9 Å². The Hall–Kier alpha value is -2.69. The molecule has 0 saturated carbocycles. The van der Waals surface area contributed by atoms with Crippen LogP contribution >= 0.6 is 43.5 Å². The van der Waals surface area contributed by atoms with E-state index in [2.05, 4.69) is 56.2 Å². The number of rotatable bonds is 11. The zero-order valence-corrected chi connectivity index (χ0v) is 29.3. The zero-order chi connectivity index (χ0) is 32.1. The summed E-state index contributed by atoms with van der Waals surface area (Å²) in [5, 5.41) is 12.9. The highest BCUT2D eigenvalue weighted by Crippen LogP contribution is 2.46. The number of amides is 2. The fourth-order valence-electron chi connectivity index (χ4n) is 7.02. The predicted octanol–water partition coefficient (Wildman–Crippen LogP) is 7.24. The lowest BCUT2D eigenvalue weighted by atomic mass is 9.76. The van der Waals surface area contributed by atoms with E-state index in [-0.39, 0.29) is 35.9 Å². The summed E-state index contributed by atoms with van der Waals surface area (Å²) in [4.78, 5) is 44.2. The topological polar surface area (TPSA) is 105 Å². The van der Waals surface area contributed by atoms with Crippen molar-refractivity contribution in [3.05, 3.63) is 84.8 Å². The minimum atomic E-state index is -1.06. The van der Waals surface area contributed by atoms with Crippen molar-refractivity contribution in [3.8, 4) is 0 Å². The van der Waals surface area contributed by atoms with E-state index >= 15 is 0 Å². The van der Waals surface area contributed by atoms with E-state index in [4.69, 9.17) is 16.6 Å². The van der Waals surface area contributed by atoms with Crippen molar-refractivity contribution in [2.75, 3.05) is 19.6 Å². The smallest absolute Gasteiger partial charge is 0.352 e. The maximum absolute atomic E-state index is 13.5. The fraction of sp³-hybridized carbons (Fsp3) is 0.471. The summed E-state index contributed by atoms with van der Waals surface area (Å²) in [7, 11) is 0. The number of carboxylic acids is 1. The summed E-state index contributed by atoms with van der Waals surface area (Å²) in [5.41, 5.74) is 5.01. The molecule has 2 aliphatic rings. The van der Waals surface area contributed by atoms with Crippen LogP contribution in [0.25, 0.3) is 0 Å². The van der Waals surface area contributed by atoms with E-state index in [9.17, 15) is 19.5 Å². The number of aryl methyl sites for hydroxylation is 2. The molecule has 1 fully saturated rings. The molecule has 3 heterocycles. The summed E-state index contributed by atoms with van der Waals surface area (Å²) in [6, 6.07) is 9.36. The predicted molar refractivity (Wildman–Crippen MR) is 182 cm³/mol. The first-order valence-corrected chi connectivity index (χ1v) is 17.7. The van der Waals surface area contributed by atoms with Gasteiger partial charge in [0.1, 0.15) is 12.2 Å². The summed E-state index contributed by atoms with van der Waals surface area (Å²) < 4.78 is 3.43. The second-order valence-corrected chi connectivity index (χ2v) is 14.4. The van der Waals surface area contributed by atoms with Gasteiger partial charge in [0.2, 0.25) is 11.8 Å². The number of aromatic nitrogens is 2. The average molecular weight is 763 g/mol. The second kappa shape index (κ2) is 15.3. The van der Waals surface area contributed by atoms with E-state index in [1.807, 2.05) is 17.2 Å². The van der Waals surface area contributed by atoms with Crippen molar-refractivity contribution in [1.29, 1.82) is 0 Å². The number of carboxylic acid groups (broad SMARTS) is 1. The largest absolute Gasteiger partial charge is 0.477 e. The Labute approximate surface area is 286 Å². The van der Waals surface area contributed by atoms with Crippen molar-refractivity contribution < 1.29 is 19.5 Å². The molecule has 1 aromatic carbocycles. The van der Waals surface area contributed by atoms with Crippen LogP contribution in [-0.2, 0) is 29.0 Å². The molecule has 11 heteroatoms. The molecule has 2 amide bonds. The van der Waals surface area contributed by atoms with Crippen molar-refractivity contribution in [3.63, 3.8) is 0 Å². The van der Waals surface area contributed by atoms with Gasteiger partial charge in [-0.25, -0.2) is 4.79 Å². The van der Waals surface area contributed by atoms with Crippen LogP contribution in [0.2, 0.25) is 5.02 Å². The average Bonchev–Trinajstić information content (AvgIpc) is 3.40. The van der Waals surface area contributed by atoms with Gasteiger partial charge in [0.25, 0.3) is 0 Å². The van der Waals surface area contributed by atoms with Crippen molar-refractivity contribution in [2.24, 2.45) is 11.8 Å². The van der Waals surface area contributed by atoms with Gasteiger partial charge in [-0.1, -0.05) is 47.3 Å². The van der Waals surface area contributed by atoms with Gasteiger partial charge in [-0.3, -0.25) is 14.6 Å². The van der Waals surface area contributed by atoms with Crippen molar-refractivity contribution in [1.82, 2.24) is 19.8 Å². The Kier molecular flexibility index (Phi) is 11.4. The first kappa shape index (κ1) is 33.7. The Bertz CT molecular complexity index is 1550. The van der Waals surface area contributed by atoms with Gasteiger partial charge >= 0.3 is 5.97 Å². The Balaban J connectivity index is 1.19. The number of benzene rings is 1. The number of pyridine rings is 1. The number of halogens is 3. The standard InChI is InChI=1S/C34H39Br2ClN4O4/c1-2-4-21(8-11-38-29(42)20-41-12-3-5-28(41)34(44)45)15-30(43)40-13-9-22(10-14-40)32-31-23(17-26(37)18-27(31)36)6-7-24-16-25(35)19-39-33(24)32/h3,5,12,16-19,21-22,32H,2,4,6-11,13-15,20H2,1H3,(H,38,42)(H,44,45)/t21?,32-/m1/s1. The third-order valence-electron chi connectivity index (χ3n) is 9.18. The van der Waals surface area contributed by atoms with Crippen LogP contribution in [0, 0.1) is 11.8 Å². The van der Waals surface area contributed by atoms with Gasteiger partial charge in [0.15, 0.2) is 0 Å². The molecular weight excluding hydrogens is 724 g/mol. The minimum absolute atomic E-state index is 0.0483. The van der Waals surface area contributed by atoms with Crippen LogP contribution < -0.4 is 5.32 Å². The number of aromatic carboxylic acids is 1. The Morgan fingerprint density at radius 1 is 1.11 bits per heavy atom. The lowest BCUT2D eigenvalue weighted by molar-refractivity contribution is -0.133. The molecule has 0 bridgehead atoms. The molecule has 1 saturated heterocycles. The first-order valence-electron chi connectivity index (χ1n) is 15.7. The van der Waals surface area contributed by atoms with Gasteiger partial charge in [0, 0.05) is 58.3 Å². The zero-order valence-electron chi connectivity index (χ0n) is 25.4. The summed E-state index contributed by atoms with van der Waals surface area (Å²) in [6.45, 7) is 3.94. The van der Waals surface area contributed by atoms with Gasteiger partial charge in [0.05, 0.1) is 5.69 Å². The maximum Gasteiger partial charge on any atom is 0.352 e. The molecule has 1 aliphatic heterocycles. The third-order valence-corrected chi connectivity index (χ3v) is 10.5. The maximum atomic E-state index is 13.5. The summed E-state index contributed by atoms with van der Waals surface area (Å²) >= 11 is 13.9. The molecule has 45 heavy (non-hydrogen) atoms. The second-order valence-electron chi connectivity index (χ2n) is 12.2. The van der Waals surface area contributed by atoms with Crippen LogP contribution in [-0.4, -0.2) is 57.0 Å². The third kappa shape index (κ3) is 8.19. The van der Waals surface area contributed by atoms with E-state index in [1.165, 1.54) is 27.3 Å². The van der Waals surface area contributed by atoms with E-state index in [1.54, 1.807) is 12.3 Å². The van der Waals surface area contributed by atoms with E-state index in [0.717, 1.165) is 58.2 Å². The Morgan fingerprint density at radius 3 is 2.60 bits per heavy atom. The number of carbonyl (C=O) groups is 3. The molecule has 8 nitrogen and oxygen atoms in total. The van der Waals surface area contributed by atoms with E-state index in [0.29, 0.717) is 38.4 Å². The van der Waals surface area contributed by atoms with Gasteiger partial charge in [-0.15, -0.1) is 0 Å². The lowest BCUT2D eigenvalue weighted by Crippen LogP contribution is -2.41. The highest BCUT2D eigenvalue weighted by atomic mass is 79.9. The number of hydrogen-bond acceptors (Lipinski definition) is 4. The number of piperidine rings is 1. The van der Waals surface area contributed by atoms with Crippen LogP contribution in [0.3, 0.4) is 0 Å². The highest BCUT2D eigenvalue weighted by Gasteiger charge is 2.36. The Morgan fingerprint density at radius 2 is 1.87 bits per heavy atom. The van der Waals surface area contributed by atoms with E-state index < -0.39 is 5.97 Å². The quantitative estimate of drug-likeness (QED) is 0.215. The summed E-state index contributed by atoms with van der Waals surface area (Å²) in [6.07, 6.45) is 10.1. The van der Waals surface area contributed by atoms with Gasteiger partial charge in [-0.05, 0) is 107 Å². The minimum Gasteiger partial charge on any atom is -0.477 e. The summed E-state index contributed by atoms with van der Waals surface area (Å²) in [5.74, 6) is -0.484. The van der Waals surface area contributed by atoms with Crippen LogP contribution in [0.4, 0.5) is 0 Å². The highest BCUT2D eigenvalue weighted by molar-refractivity contribution is 9.10. The number of hydrogen-bond donors (Lipinski definition) is 2. The van der Waals surface area contributed by atoms with Crippen molar-refractivity contribution in [2.45, 2.75) is 70.8 Å². The van der Waals surface area contributed by atoms with Gasteiger partial charge in [-0.2, -0.15) is 0 Å². The molecular formula is C34H39Br2ClN4O4. The molecule has 1 aliphatic carbocycles. The number of carbonyl (C=O) groups excluding carboxylic acids is 2. The molecule has 2 N–H and O–H groups in total. The van der Waals surface area contributed by atoms with Crippen LogP contribution in [0.1, 0.15) is 84.2 Å². The molecule has 3 aromatic rings. The van der Waals surface area contributed by atoms with Crippen molar-refractivity contribution >= 4 is 61.2 Å². The molecule has 2 atom stereocenters. The number of fused-ring (bicyclic) bond motifs is 2. The molecule has 0 spiro atoms. The molecule has 2 aromatic heterocycles. The number of nitrogens with one attached hydrogen (secondary N) is 1.